The van der Waals surface area contributed by atoms with Crippen LogP contribution in [0.4, 0.5) is 0 Å². The second-order valence-corrected chi connectivity index (χ2v) is 5.18. The lowest BCUT2D eigenvalue weighted by atomic mass is 10.1. The number of rotatable bonds is 3. The summed E-state index contributed by atoms with van der Waals surface area (Å²) in [6.07, 6.45) is 1.47. The molecule has 0 spiro atoms. The van der Waals surface area contributed by atoms with Gasteiger partial charge in [0.1, 0.15) is 0 Å². The molecule has 3 nitrogen and oxygen atoms in total. The van der Waals surface area contributed by atoms with Gasteiger partial charge >= 0.3 is 0 Å². The third kappa shape index (κ3) is 3.57. The Labute approximate surface area is 109 Å². The summed E-state index contributed by atoms with van der Waals surface area (Å²) in [6.45, 7) is 6.81. The SMILES string of the molecule is Cc1cccc(CCC(=O)N2CCNC(C)C2)c1. The van der Waals surface area contributed by atoms with Gasteiger partial charge in [-0.1, -0.05) is 29.8 Å². The van der Waals surface area contributed by atoms with Crippen LogP contribution in [-0.4, -0.2) is 36.5 Å². The van der Waals surface area contributed by atoms with Crippen molar-refractivity contribution in [2.45, 2.75) is 32.7 Å². The molecule has 0 bridgehead atoms. The maximum atomic E-state index is 12.1. The lowest BCUT2D eigenvalue weighted by Crippen LogP contribution is -2.51. The molecule has 2 rings (SSSR count). The fourth-order valence-corrected chi connectivity index (χ4v) is 2.44. The molecule has 98 valence electrons. The van der Waals surface area contributed by atoms with Gasteiger partial charge in [-0.25, -0.2) is 0 Å². The lowest BCUT2D eigenvalue weighted by Gasteiger charge is -2.32. The fourth-order valence-electron chi connectivity index (χ4n) is 2.44. The molecule has 1 atom stereocenters. The molecule has 1 amide bonds. The van der Waals surface area contributed by atoms with Gasteiger partial charge in [0, 0.05) is 32.1 Å². The van der Waals surface area contributed by atoms with Crippen molar-refractivity contribution in [3.63, 3.8) is 0 Å². The highest BCUT2D eigenvalue weighted by atomic mass is 16.2. The Hall–Kier alpha value is -1.35. The van der Waals surface area contributed by atoms with Gasteiger partial charge in [0.2, 0.25) is 5.91 Å². The van der Waals surface area contributed by atoms with E-state index in [1.807, 2.05) is 4.90 Å². The first-order valence-electron chi connectivity index (χ1n) is 6.72. The van der Waals surface area contributed by atoms with Crippen molar-refractivity contribution in [2.24, 2.45) is 0 Å². The summed E-state index contributed by atoms with van der Waals surface area (Å²) in [5, 5.41) is 3.35. The third-order valence-corrected chi connectivity index (χ3v) is 3.43. The highest BCUT2D eigenvalue weighted by molar-refractivity contribution is 5.76. The zero-order valence-corrected chi connectivity index (χ0v) is 11.3. The number of benzene rings is 1. The minimum Gasteiger partial charge on any atom is -0.340 e. The fraction of sp³-hybridized carbons (Fsp3) is 0.533. The smallest absolute Gasteiger partial charge is 0.222 e. The van der Waals surface area contributed by atoms with E-state index in [0.29, 0.717) is 12.5 Å². The second kappa shape index (κ2) is 6.01. The van der Waals surface area contributed by atoms with Crippen molar-refractivity contribution in [1.82, 2.24) is 10.2 Å². The monoisotopic (exact) mass is 246 g/mol. The normalized spacial score (nSPS) is 19.9. The zero-order chi connectivity index (χ0) is 13.0. The standard InChI is InChI=1S/C15H22N2O/c1-12-4-3-5-14(10-12)6-7-15(18)17-9-8-16-13(2)11-17/h3-5,10,13,16H,6-9,11H2,1-2H3. The molecule has 0 saturated carbocycles. The van der Waals surface area contributed by atoms with Crippen molar-refractivity contribution in [1.29, 1.82) is 0 Å². The Morgan fingerprint density at radius 2 is 2.33 bits per heavy atom. The van der Waals surface area contributed by atoms with Crippen LogP contribution in [0, 0.1) is 6.92 Å². The van der Waals surface area contributed by atoms with Crippen LogP contribution in [0.1, 0.15) is 24.5 Å². The van der Waals surface area contributed by atoms with E-state index in [2.05, 4.69) is 43.4 Å². The van der Waals surface area contributed by atoms with Crippen LogP contribution in [0.15, 0.2) is 24.3 Å². The maximum absolute atomic E-state index is 12.1. The number of nitrogens with zero attached hydrogens (tertiary/aromatic N) is 1. The first-order chi connectivity index (χ1) is 8.65. The second-order valence-electron chi connectivity index (χ2n) is 5.18. The third-order valence-electron chi connectivity index (χ3n) is 3.43. The van der Waals surface area contributed by atoms with E-state index in [9.17, 15) is 4.79 Å². The van der Waals surface area contributed by atoms with Crippen LogP contribution in [-0.2, 0) is 11.2 Å². The van der Waals surface area contributed by atoms with Gasteiger partial charge in [-0.15, -0.1) is 0 Å². The summed E-state index contributed by atoms with van der Waals surface area (Å²) < 4.78 is 0. The van der Waals surface area contributed by atoms with Crippen LogP contribution in [0.5, 0.6) is 0 Å². The summed E-state index contributed by atoms with van der Waals surface area (Å²) in [6, 6.07) is 8.82. The number of aryl methyl sites for hydroxylation is 2. The predicted molar refractivity (Wildman–Crippen MR) is 73.5 cm³/mol. The minimum absolute atomic E-state index is 0.282. The van der Waals surface area contributed by atoms with Crippen molar-refractivity contribution in [2.75, 3.05) is 19.6 Å². The number of amides is 1. The maximum Gasteiger partial charge on any atom is 0.222 e. The molecule has 1 fully saturated rings. The molecular formula is C15H22N2O. The van der Waals surface area contributed by atoms with Crippen LogP contribution in [0.25, 0.3) is 0 Å². The van der Waals surface area contributed by atoms with Crippen molar-refractivity contribution < 1.29 is 4.79 Å². The van der Waals surface area contributed by atoms with Crippen LogP contribution in [0.3, 0.4) is 0 Å². The van der Waals surface area contributed by atoms with Gasteiger partial charge in [-0.05, 0) is 25.8 Å². The van der Waals surface area contributed by atoms with E-state index in [1.165, 1.54) is 11.1 Å². The Morgan fingerprint density at radius 1 is 1.50 bits per heavy atom. The van der Waals surface area contributed by atoms with Crippen LogP contribution >= 0.6 is 0 Å². The number of carbonyl (C=O) groups excluding carboxylic acids is 1. The molecule has 18 heavy (non-hydrogen) atoms. The minimum atomic E-state index is 0.282. The number of piperazine rings is 1. The average molecular weight is 246 g/mol. The molecule has 1 aromatic rings. The number of nitrogens with one attached hydrogen (secondary N) is 1. The van der Waals surface area contributed by atoms with Gasteiger partial charge < -0.3 is 10.2 Å². The summed E-state index contributed by atoms with van der Waals surface area (Å²) in [7, 11) is 0. The predicted octanol–water partition coefficient (Wildman–Crippen LogP) is 1.75. The molecule has 0 aromatic heterocycles. The first kappa shape index (κ1) is 13.1. The number of hydrogen-bond acceptors (Lipinski definition) is 2. The quantitative estimate of drug-likeness (QED) is 0.881. The molecule has 1 saturated heterocycles. The molecule has 1 N–H and O–H groups in total. The van der Waals surface area contributed by atoms with Gasteiger partial charge in [0.15, 0.2) is 0 Å². The molecule has 1 aromatic carbocycles. The van der Waals surface area contributed by atoms with Gasteiger partial charge in [-0.3, -0.25) is 4.79 Å². The highest BCUT2D eigenvalue weighted by Gasteiger charge is 2.19. The molecule has 0 radical (unpaired) electrons. The van der Waals surface area contributed by atoms with E-state index in [1.54, 1.807) is 0 Å². The van der Waals surface area contributed by atoms with Crippen molar-refractivity contribution in [3.8, 4) is 0 Å². The van der Waals surface area contributed by atoms with Gasteiger partial charge in [0.25, 0.3) is 0 Å². The average Bonchev–Trinajstić information content (AvgIpc) is 2.36. The molecule has 1 aliphatic heterocycles. The van der Waals surface area contributed by atoms with E-state index in [0.717, 1.165) is 26.1 Å². The van der Waals surface area contributed by atoms with E-state index >= 15 is 0 Å². The first-order valence-corrected chi connectivity index (χ1v) is 6.72. The van der Waals surface area contributed by atoms with E-state index in [-0.39, 0.29) is 5.91 Å². The van der Waals surface area contributed by atoms with E-state index in [4.69, 9.17) is 0 Å². The Bertz CT molecular complexity index is 417. The molecule has 1 aliphatic rings. The zero-order valence-electron chi connectivity index (χ0n) is 11.3. The summed E-state index contributed by atoms with van der Waals surface area (Å²) in [5.74, 6) is 0.282. The lowest BCUT2D eigenvalue weighted by molar-refractivity contribution is -0.132. The molecule has 1 unspecified atom stereocenters. The largest absolute Gasteiger partial charge is 0.340 e. The van der Waals surface area contributed by atoms with Gasteiger partial charge in [-0.2, -0.15) is 0 Å². The van der Waals surface area contributed by atoms with E-state index < -0.39 is 0 Å². The van der Waals surface area contributed by atoms with Crippen LogP contribution in [0.2, 0.25) is 0 Å². The number of hydrogen-bond donors (Lipinski definition) is 1. The Morgan fingerprint density at radius 3 is 3.06 bits per heavy atom. The van der Waals surface area contributed by atoms with Crippen LogP contribution < -0.4 is 5.32 Å². The molecule has 0 aliphatic carbocycles. The Kier molecular flexibility index (Phi) is 4.37. The molecular weight excluding hydrogens is 224 g/mol. The molecule has 1 heterocycles. The molecule has 3 heteroatoms. The number of carbonyl (C=O) groups is 1. The van der Waals surface area contributed by atoms with Crippen molar-refractivity contribution >= 4 is 5.91 Å². The Balaban J connectivity index is 1.84. The van der Waals surface area contributed by atoms with Crippen molar-refractivity contribution in [3.05, 3.63) is 35.4 Å². The topological polar surface area (TPSA) is 32.3 Å². The summed E-state index contributed by atoms with van der Waals surface area (Å²) >= 11 is 0. The van der Waals surface area contributed by atoms with Gasteiger partial charge in [0.05, 0.1) is 0 Å². The highest BCUT2D eigenvalue weighted by Crippen LogP contribution is 2.09. The summed E-state index contributed by atoms with van der Waals surface area (Å²) in [5.41, 5.74) is 2.52. The summed E-state index contributed by atoms with van der Waals surface area (Å²) in [4.78, 5) is 14.1.